The van der Waals surface area contributed by atoms with Crippen LogP contribution >= 0.6 is 0 Å². The van der Waals surface area contributed by atoms with Crippen molar-refractivity contribution in [1.82, 2.24) is 14.8 Å². The van der Waals surface area contributed by atoms with Gasteiger partial charge in [0.05, 0.1) is 11.4 Å². The van der Waals surface area contributed by atoms with Gasteiger partial charge < -0.3 is 0 Å². The van der Waals surface area contributed by atoms with Crippen molar-refractivity contribution in [3.63, 3.8) is 0 Å². The van der Waals surface area contributed by atoms with E-state index in [9.17, 15) is 4.79 Å². The van der Waals surface area contributed by atoms with Crippen LogP contribution in [-0.4, -0.2) is 21.0 Å². The molecule has 0 saturated heterocycles. The van der Waals surface area contributed by atoms with E-state index in [1.54, 1.807) is 4.40 Å². The van der Waals surface area contributed by atoms with Crippen molar-refractivity contribution in [2.75, 3.05) is 0 Å². The third-order valence-corrected chi connectivity index (χ3v) is 3.65. The predicted octanol–water partition coefficient (Wildman–Crippen LogP) is 3.19. The summed E-state index contributed by atoms with van der Waals surface area (Å²) in [5, 5.41) is 4.29. The van der Waals surface area contributed by atoms with Crippen LogP contribution in [0.2, 0.25) is 0 Å². The standard InChI is InChI=1S/C18H18N4O/c1-3-15(14-9-5-4-6-10-14)20-21-18(23)17-13(2)19-16-11-7-8-12-22(16)17/h4-12H,3H2,1-2H3,(H,21,23). The average Bonchev–Trinajstić information content (AvgIpc) is 2.92. The topological polar surface area (TPSA) is 58.8 Å². The first-order chi connectivity index (χ1) is 11.2. The Bertz CT molecular complexity index is 865. The number of aryl methyl sites for hydroxylation is 1. The molecule has 0 aliphatic heterocycles. The van der Waals surface area contributed by atoms with Crippen LogP contribution in [0.3, 0.4) is 0 Å². The molecule has 116 valence electrons. The Kier molecular flexibility index (Phi) is 4.19. The number of nitrogens with zero attached hydrogens (tertiary/aromatic N) is 3. The first-order valence-electron chi connectivity index (χ1n) is 7.56. The second kappa shape index (κ2) is 6.44. The molecule has 0 atom stereocenters. The second-order valence-corrected chi connectivity index (χ2v) is 5.19. The fourth-order valence-electron chi connectivity index (χ4n) is 2.54. The SMILES string of the molecule is CCC(=NNC(=O)c1c(C)nc2ccccn12)c1ccccc1. The molecule has 3 aromatic rings. The van der Waals surface area contributed by atoms with Crippen molar-refractivity contribution in [2.45, 2.75) is 20.3 Å². The largest absolute Gasteiger partial charge is 0.295 e. The number of benzene rings is 1. The number of rotatable bonds is 4. The minimum atomic E-state index is -0.261. The highest BCUT2D eigenvalue weighted by atomic mass is 16.2. The number of carbonyl (C=O) groups excluding carboxylic acids is 1. The molecule has 5 heteroatoms. The fourth-order valence-corrected chi connectivity index (χ4v) is 2.54. The Morgan fingerprint density at radius 3 is 2.65 bits per heavy atom. The van der Waals surface area contributed by atoms with Gasteiger partial charge in [-0.15, -0.1) is 0 Å². The normalized spacial score (nSPS) is 11.7. The van der Waals surface area contributed by atoms with E-state index in [4.69, 9.17) is 0 Å². The van der Waals surface area contributed by atoms with Gasteiger partial charge in [-0.1, -0.05) is 43.3 Å². The maximum atomic E-state index is 12.5. The third kappa shape index (κ3) is 2.99. The van der Waals surface area contributed by atoms with Gasteiger partial charge in [0.15, 0.2) is 0 Å². The van der Waals surface area contributed by atoms with E-state index in [-0.39, 0.29) is 5.91 Å². The zero-order chi connectivity index (χ0) is 16.2. The number of hydrogen-bond acceptors (Lipinski definition) is 3. The summed E-state index contributed by atoms with van der Waals surface area (Å²) in [5.74, 6) is -0.261. The molecule has 0 aliphatic rings. The quantitative estimate of drug-likeness (QED) is 0.594. The molecule has 2 aromatic heterocycles. The van der Waals surface area contributed by atoms with E-state index in [2.05, 4.69) is 15.5 Å². The molecule has 0 saturated carbocycles. The number of hydrazone groups is 1. The molecular weight excluding hydrogens is 288 g/mol. The van der Waals surface area contributed by atoms with Crippen molar-refractivity contribution in [2.24, 2.45) is 5.10 Å². The molecule has 1 aromatic carbocycles. The van der Waals surface area contributed by atoms with Crippen molar-refractivity contribution in [3.8, 4) is 0 Å². The summed E-state index contributed by atoms with van der Waals surface area (Å²) in [6.45, 7) is 3.83. The first-order valence-corrected chi connectivity index (χ1v) is 7.56. The Balaban J connectivity index is 1.89. The summed E-state index contributed by atoms with van der Waals surface area (Å²) in [4.78, 5) is 16.9. The number of carbonyl (C=O) groups is 1. The van der Waals surface area contributed by atoms with Gasteiger partial charge in [0.2, 0.25) is 0 Å². The summed E-state index contributed by atoms with van der Waals surface area (Å²) in [7, 11) is 0. The van der Waals surface area contributed by atoms with Crippen LogP contribution in [-0.2, 0) is 0 Å². The summed E-state index contributed by atoms with van der Waals surface area (Å²) >= 11 is 0. The summed E-state index contributed by atoms with van der Waals surface area (Å²) in [6.07, 6.45) is 2.56. The van der Waals surface area contributed by atoms with Crippen LogP contribution in [0, 0.1) is 6.92 Å². The van der Waals surface area contributed by atoms with Crippen molar-refractivity contribution < 1.29 is 4.79 Å². The van der Waals surface area contributed by atoms with Gasteiger partial charge in [-0.3, -0.25) is 9.20 Å². The fraction of sp³-hybridized carbons (Fsp3) is 0.167. The van der Waals surface area contributed by atoms with E-state index < -0.39 is 0 Å². The van der Waals surface area contributed by atoms with Gasteiger partial charge in [-0.25, -0.2) is 10.4 Å². The highest BCUT2D eigenvalue weighted by Crippen LogP contribution is 2.11. The minimum absolute atomic E-state index is 0.261. The molecule has 5 nitrogen and oxygen atoms in total. The summed E-state index contributed by atoms with van der Waals surface area (Å²) in [5.41, 5.74) is 6.44. The Morgan fingerprint density at radius 2 is 1.91 bits per heavy atom. The van der Waals surface area contributed by atoms with Gasteiger partial charge >= 0.3 is 0 Å². The molecule has 1 amide bonds. The number of fused-ring (bicyclic) bond motifs is 1. The molecule has 0 fully saturated rings. The lowest BCUT2D eigenvalue weighted by atomic mass is 10.1. The smallest absolute Gasteiger partial charge is 0.290 e. The number of pyridine rings is 1. The van der Waals surface area contributed by atoms with Gasteiger partial charge in [0, 0.05) is 6.20 Å². The number of imidazole rings is 1. The van der Waals surface area contributed by atoms with Crippen LogP contribution in [0.5, 0.6) is 0 Å². The minimum Gasteiger partial charge on any atom is -0.295 e. The van der Waals surface area contributed by atoms with Crippen LogP contribution < -0.4 is 5.43 Å². The van der Waals surface area contributed by atoms with Crippen molar-refractivity contribution >= 4 is 17.3 Å². The number of amides is 1. The number of nitrogens with one attached hydrogen (secondary N) is 1. The van der Waals surface area contributed by atoms with Gasteiger partial charge in [0.1, 0.15) is 11.3 Å². The van der Waals surface area contributed by atoms with Crippen molar-refractivity contribution in [3.05, 3.63) is 71.7 Å². The van der Waals surface area contributed by atoms with Crippen LogP contribution in [0.15, 0.2) is 59.8 Å². The Morgan fingerprint density at radius 1 is 1.17 bits per heavy atom. The molecular formula is C18H18N4O. The lowest BCUT2D eigenvalue weighted by molar-refractivity contribution is 0.0948. The number of hydrogen-bond donors (Lipinski definition) is 1. The molecule has 0 aliphatic carbocycles. The van der Waals surface area contributed by atoms with E-state index in [0.717, 1.165) is 23.3 Å². The monoisotopic (exact) mass is 306 g/mol. The maximum Gasteiger partial charge on any atom is 0.290 e. The second-order valence-electron chi connectivity index (χ2n) is 5.19. The predicted molar refractivity (Wildman–Crippen MR) is 90.7 cm³/mol. The lowest BCUT2D eigenvalue weighted by Crippen LogP contribution is -2.22. The van der Waals surface area contributed by atoms with Gasteiger partial charge in [-0.05, 0) is 31.0 Å². The maximum absolute atomic E-state index is 12.5. The van der Waals surface area contributed by atoms with Crippen LogP contribution in [0.25, 0.3) is 5.65 Å². The molecule has 0 unspecified atom stereocenters. The highest BCUT2D eigenvalue weighted by Gasteiger charge is 2.16. The molecule has 0 bridgehead atoms. The molecule has 2 heterocycles. The van der Waals surface area contributed by atoms with Gasteiger partial charge in [-0.2, -0.15) is 5.10 Å². The Labute approximate surface area is 134 Å². The van der Waals surface area contributed by atoms with Gasteiger partial charge in [0.25, 0.3) is 5.91 Å². The summed E-state index contributed by atoms with van der Waals surface area (Å²) < 4.78 is 1.77. The van der Waals surface area contributed by atoms with E-state index >= 15 is 0 Å². The van der Waals surface area contributed by atoms with Crippen molar-refractivity contribution in [1.29, 1.82) is 0 Å². The zero-order valence-electron chi connectivity index (χ0n) is 13.2. The van der Waals surface area contributed by atoms with E-state index in [1.807, 2.05) is 68.6 Å². The molecule has 23 heavy (non-hydrogen) atoms. The highest BCUT2D eigenvalue weighted by molar-refractivity contribution is 6.02. The molecule has 1 N–H and O–H groups in total. The van der Waals surface area contributed by atoms with E-state index in [1.165, 1.54) is 0 Å². The summed E-state index contributed by atoms with van der Waals surface area (Å²) in [6, 6.07) is 15.5. The molecule has 3 rings (SSSR count). The molecule has 0 radical (unpaired) electrons. The lowest BCUT2D eigenvalue weighted by Gasteiger charge is -2.05. The van der Waals surface area contributed by atoms with Crippen LogP contribution in [0.4, 0.5) is 0 Å². The average molecular weight is 306 g/mol. The molecule has 0 spiro atoms. The number of aromatic nitrogens is 2. The zero-order valence-corrected chi connectivity index (χ0v) is 13.2. The van der Waals surface area contributed by atoms with Crippen LogP contribution in [0.1, 0.15) is 35.1 Å². The Hall–Kier alpha value is -2.95. The van der Waals surface area contributed by atoms with E-state index in [0.29, 0.717) is 11.4 Å². The third-order valence-electron chi connectivity index (χ3n) is 3.65. The first kappa shape index (κ1) is 15.0.